The molecule has 9 heteroatoms. The third kappa shape index (κ3) is 4.80. The number of rotatable bonds is 4. The Kier molecular flexibility index (Phi) is 6.32. The summed E-state index contributed by atoms with van der Waals surface area (Å²) in [4.78, 5) is 37.5. The second kappa shape index (κ2) is 9.12. The van der Waals surface area contributed by atoms with Gasteiger partial charge in [0.15, 0.2) is 0 Å². The van der Waals surface area contributed by atoms with Crippen LogP contribution in [-0.2, 0) is 11.2 Å². The number of amides is 2. The van der Waals surface area contributed by atoms with E-state index in [-0.39, 0.29) is 18.2 Å². The van der Waals surface area contributed by atoms with Crippen molar-refractivity contribution >= 4 is 46.4 Å². The molecule has 0 saturated carbocycles. The van der Waals surface area contributed by atoms with Crippen LogP contribution in [0.2, 0.25) is 10.0 Å². The van der Waals surface area contributed by atoms with Gasteiger partial charge >= 0.3 is 0 Å². The summed E-state index contributed by atoms with van der Waals surface area (Å²) in [5, 5.41) is 3.60. The van der Waals surface area contributed by atoms with Gasteiger partial charge in [0.1, 0.15) is 5.01 Å². The largest absolute Gasteiger partial charge is 0.339 e. The van der Waals surface area contributed by atoms with E-state index < -0.39 is 0 Å². The SMILES string of the molecule is O=C(Cc1csc(-c2cccnc2)n1)N1CCN(C(=O)c2cc(Cl)cc(Cl)c2)CC1. The molecule has 1 aromatic carbocycles. The molecule has 3 aromatic rings. The van der Waals surface area contributed by atoms with Crippen molar-refractivity contribution in [2.45, 2.75) is 6.42 Å². The number of carbonyl (C=O) groups is 2. The third-order valence-electron chi connectivity index (χ3n) is 4.82. The van der Waals surface area contributed by atoms with Gasteiger partial charge in [-0.15, -0.1) is 11.3 Å². The number of piperazine rings is 1. The predicted octanol–water partition coefficient (Wildman–Crippen LogP) is 4.04. The topological polar surface area (TPSA) is 66.4 Å². The van der Waals surface area contributed by atoms with Gasteiger partial charge in [-0.1, -0.05) is 23.2 Å². The van der Waals surface area contributed by atoms with E-state index in [1.807, 2.05) is 17.5 Å². The molecule has 154 valence electrons. The van der Waals surface area contributed by atoms with Crippen LogP contribution in [0.5, 0.6) is 0 Å². The lowest BCUT2D eigenvalue weighted by Gasteiger charge is -2.34. The molecule has 0 N–H and O–H groups in total. The molecule has 4 rings (SSSR count). The van der Waals surface area contributed by atoms with Crippen LogP contribution in [0.15, 0.2) is 48.1 Å². The molecule has 30 heavy (non-hydrogen) atoms. The Bertz CT molecular complexity index is 1050. The molecule has 0 spiro atoms. The van der Waals surface area contributed by atoms with Crippen LogP contribution in [0.3, 0.4) is 0 Å². The smallest absolute Gasteiger partial charge is 0.254 e. The molecule has 2 amide bonds. The quantitative estimate of drug-likeness (QED) is 0.589. The zero-order valence-electron chi connectivity index (χ0n) is 15.9. The fraction of sp³-hybridized carbons (Fsp3) is 0.238. The van der Waals surface area contributed by atoms with Crippen LogP contribution in [0, 0.1) is 0 Å². The first-order valence-corrected chi connectivity index (χ1v) is 11.0. The van der Waals surface area contributed by atoms with Crippen LogP contribution in [0.1, 0.15) is 16.1 Å². The minimum Gasteiger partial charge on any atom is -0.339 e. The summed E-state index contributed by atoms with van der Waals surface area (Å²) in [6, 6.07) is 8.61. The molecule has 0 radical (unpaired) electrons. The van der Waals surface area contributed by atoms with Gasteiger partial charge in [0.2, 0.25) is 5.91 Å². The lowest BCUT2D eigenvalue weighted by atomic mass is 10.1. The van der Waals surface area contributed by atoms with E-state index in [0.29, 0.717) is 41.8 Å². The number of thiazole rings is 1. The Morgan fingerprint density at radius 3 is 2.40 bits per heavy atom. The first-order chi connectivity index (χ1) is 14.5. The fourth-order valence-corrected chi connectivity index (χ4v) is 4.63. The highest BCUT2D eigenvalue weighted by atomic mass is 35.5. The van der Waals surface area contributed by atoms with Gasteiger partial charge in [0.05, 0.1) is 12.1 Å². The Labute approximate surface area is 188 Å². The number of pyridine rings is 1. The molecular weight excluding hydrogens is 443 g/mol. The van der Waals surface area contributed by atoms with Gasteiger partial charge in [-0.2, -0.15) is 0 Å². The highest BCUT2D eigenvalue weighted by Gasteiger charge is 2.25. The Morgan fingerprint density at radius 1 is 1.03 bits per heavy atom. The molecule has 0 bridgehead atoms. The number of halogens is 2. The lowest BCUT2D eigenvalue weighted by Crippen LogP contribution is -2.51. The van der Waals surface area contributed by atoms with Gasteiger partial charge in [-0.05, 0) is 30.3 Å². The molecule has 1 aliphatic heterocycles. The summed E-state index contributed by atoms with van der Waals surface area (Å²) in [5.74, 6) is -0.122. The molecule has 6 nitrogen and oxygen atoms in total. The normalized spacial score (nSPS) is 14.1. The summed E-state index contributed by atoms with van der Waals surface area (Å²) < 4.78 is 0. The predicted molar refractivity (Wildman–Crippen MR) is 118 cm³/mol. The molecule has 1 aliphatic rings. The molecule has 0 aliphatic carbocycles. The van der Waals surface area contributed by atoms with Crippen molar-refractivity contribution in [2.75, 3.05) is 26.2 Å². The van der Waals surface area contributed by atoms with Crippen molar-refractivity contribution in [1.82, 2.24) is 19.8 Å². The first-order valence-electron chi connectivity index (χ1n) is 9.37. The monoisotopic (exact) mass is 460 g/mol. The minimum atomic E-state index is -0.132. The summed E-state index contributed by atoms with van der Waals surface area (Å²) in [6.07, 6.45) is 3.72. The van der Waals surface area contributed by atoms with Crippen molar-refractivity contribution in [3.8, 4) is 10.6 Å². The van der Waals surface area contributed by atoms with Crippen molar-refractivity contribution in [3.63, 3.8) is 0 Å². The van der Waals surface area contributed by atoms with Gasteiger partial charge in [-0.3, -0.25) is 14.6 Å². The average molecular weight is 461 g/mol. The zero-order valence-corrected chi connectivity index (χ0v) is 18.3. The summed E-state index contributed by atoms with van der Waals surface area (Å²) in [6.45, 7) is 1.90. The third-order valence-corrected chi connectivity index (χ3v) is 6.20. The number of nitrogens with zero attached hydrogens (tertiary/aromatic N) is 4. The Hall–Kier alpha value is -2.48. The van der Waals surface area contributed by atoms with Crippen LogP contribution < -0.4 is 0 Å². The van der Waals surface area contributed by atoms with Crippen molar-refractivity contribution < 1.29 is 9.59 Å². The molecular formula is C21H18Cl2N4O2S. The molecule has 2 aromatic heterocycles. The Balaban J connectivity index is 1.33. The lowest BCUT2D eigenvalue weighted by molar-refractivity contribution is -0.132. The maximum atomic E-state index is 12.7. The zero-order chi connectivity index (χ0) is 21.1. The molecule has 1 fully saturated rings. The second-order valence-electron chi connectivity index (χ2n) is 6.89. The first kappa shape index (κ1) is 20.8. The van der Waals surface area contributed by atoms with Crippen molar-refractivity contribution in [3.05, 3.63) is 69.4 Å². The van der Waals surface area contributed by atoms with Crippen LogP contribution in [0.25, 0.3) is 10.6 Å². The highest BCUT2D eigenvalue weighted by molar-refractivity contribution is 7.13. The van der Waals surface area contributed by atoms with Gasteiger partial charge in [-0.25, -0.2) is 4.98 Å². The van der Waals surface area contributed by atoms with Crippen LogP contribution >= 0.6 is 34.5 Å². The number of carbonyl (C=O) groups excluding carboxylic acids is 2. The van der Waals surface area contributed by atoms with Crippen molar-refractivity contribution in [1.29, 1.82) is 0 Å². The summed E-state index contributed by atoms with van der Waals surface area (Å²) >= 11 is 13.5. The van der Waals surface area contributed by atoms with E-state index in [1.54, 1.807) is 40.4 Å². The van der Waals surface area contributed by atoms with E-state index in [4.69, 9.17) is 23.2 Å². The standard InChI is InChI=1S/C21H18Cl2N4O2S/c22-16-8-15(9-17(23)10-16)21(29)27-6-4-26(5-7-27)19(28)11-18-13-30-20(25-18)14-2-1-3-24-12-14/h1-3,8-10,12-13H,4-7,11H2. The maximum absolute atomic E-state index is 12.7. The van der Waals surface area contributed by atoms with Gasteiger partial charge < -0.3 is 9.80 Å². The number of aromatic nitrogens is 2. The maximum Gasteiger partial charge on any atom is 0.254 e. The fourth-order valence-electron chi connectivity index (χ4n) is 3.30. The number of hydrogen-bond donors (Lipinski definition) is 0. The van der Waals surface area contributed by atoms with Gasteiger partial charge in [0, 0.05) is 65.1 Å². The highest BCUT2D eigenvalue weighted by Crippen LogP contribution is 2.23. The minimum absolute atomic E-state index is 0.0101. The molecule has 0 atom stereocenters. The van der Waals surface area contributed by atoms with E-state index in [9.17, 15) is 9.59 Å². The average Bonchev–Trinajstić information content (AvgIpc) is 3.22. The van der Waals surface area contributed by atoms with Crippen LogP contribution in [-0.4, -0.2) is 57.8 Å². The second-order valence-corrected chi connectivity index (χ2v) is 8.62. The van der Waals surface area contributed by atoms with E-state index >= 15 is 0 Å². The van der Waals surface area contributed by atoms with E-state index in [0.717, 1.165) is 16.3 Å². The molecule has 3 heterocycles. The molecule has 0 unspecified atom stereocenters. The summed E-state index contributed by atoms with van der Waals surface area (Å²) in [5.41, 5.74) is 2.14. The van der Waals surface area contributed by atoms with Crippen molar-refractivity contribution in [2.24, 2.45) is 0 Å². The van der Waals surface area contributed by atoms with E-state index in [1.165, 1.54) is 11.3 Å². The summed E-state index contributed by atoms with van der Waals surface area (Å²) in [7, 11) is 0. The molecule has 1 saturated heterocycles. The van der Waals surface area contributed by atoms with Crippen LogP contribution in [0.4, 0.5) is 0 Å². The number of benzene rings is 1. The van der Waals surface area contributed by atoms with Gasteiger partial charge in [0.25, 0.3) is 5.91 Å². The Morgan fingerprint density at radius 2 is 1.73 bits per heavy atom. The number of hydrogen-bond acceptors (Lipinski definition) is 5. The van der Waals surface area contributed by atoms with E-state index in [2.05, 4.69) is 9.97 Å².